The largest absolute Gasteiger partial charge is 0.768 e. The molecule has 0 saturated carbocycles. The first-order valence-corrected chi connectivity index (χ1v) is 8.15. The molecule has 0 aliphatic carbocycles. The number of benzene rings is 2. The highest BCUT2D eigenvalue weighted by molar-refractivity contribution is 7.79. The maximum absolute atomic E-state index is 13.9. The SMILES string of the molecule is NC(=O)c1nc(-c2c(F)cccc2F)oc1Nc1ccc(S(=O)[O-])cc1. The van der Waals surface area contributed by atoms with Crippen LogP contribution in [-0.4, -0.2) is 19.7 Å². The molecule has 1 aromatic heterocycles. The summed E-state index contributed by atoms with van der Waals surface area (Å²) >= 11 is -2.39. The van der Waals surface area contributed by atoms with Crippen LogP contribution in [0.3, 0.4) is 0 Å². The Hall–Kier alpha value is -3.11. The minimum atomic E-state index is -2.39. The lowest BCUT2D eigenvalue weighted by Gasteiger charge is -2.07. The van der Waals surface area contributed by atoms with Gasteiger partial charge in [0.2, 0.25) is 11.8 Å². The maximum Gasteiger partial charge on any atom is 0.273 e. The Morgan fingerprint density at radius 3 is 2.31 bits per heavy atom. The van der Waals surface area contributed by atoms with Gasteiger partial charge < -0.3 is 20.0 Å². The topological polar surface area (TPSA) is 121 Å². The van der Waals surface area contributed by atoms with E-state index in [0.29, 0.717) is 5.69 Å². The monoisotopic (exact) mass is 378 g/mol. The van der Waals surface area contributed by atoms with Crippen LogP contribution in [0.4, 0.5) is 20.4 Å². The van der Waals surface area contributed by atoms with E-state index in [1.54, 1.807) is 0 Å². The van der Waals surface area contributed by atoms with E-state index in [0.717, 1.165) is 12.1 Å². The van der Waals surface area contributed by atoms with Gasteiger partial charge >= 0.3 is 0 Å². The van der Waals surface area contributed by atoms with Gasteiger partial charge in [0.15, 0.2) is 5.69 Å². The number of nitrogens with one attached hydrogen (secondary N) is 1. The Kier molecular flexibility index (Phi) is 4.78. The smallest absolute Gasteiger partial charge is 0.273 e. The van der Waals surface area contributed by atoms with Gasteiger partial charge in [-0.1, -0.05) is 6.07 Å². The van der Waals surface area contributed by atoms with Gasteiger partial charge in [-0.15, -0.1) is 0 Å². The molecule has 1 atom stereocenters. The van der Waals surface area contributed by atoms with Gasteiger partial charge in [0.1, 0.15) is 17.2 Å². The first kappa shape index (κ1) is 17.7. The summed E-state index contributed by atoms with van der Waals surface area (Å²) < 4.78 is 54.8. The molecule has 26 heavy (non-hydrogen) atoms. The van der Waals surface area contributed by atoms with Crippen LogP contribution in [0.1, 0.15) is 10.5 Å². The summed E-state index contributed by atoms with van der Waals surface area (Å²) in [6.07, 6.45) is 0. The van der Waals surface area contributed by atoms with Gasteiger partial charge in [0.25, 0.3) is 5.91 Å². The van der Waals surface area contributed by atoms with Crippen molar-refractivity contribution in [2.24, 2.45) is 5.73 Å². The van der Waals surface area contributed by atoms with Crippen molar-refractivity contribution < 1.29 is 26.8 Å². The number of hydrogen-bond acceptors (Lipinski definition) is 6. The molecule has 1 amide bonds. The third-order valence-corrected chi connectivity index (χ3v) is 4.00. The summed E-state index contributed by atoms with van der Waals surface area (Å²) in [5.74, 6) is -3.51. The molecule has 3 N–H and O–H groups in total. The molecular weight excluding hydrogens is 368 g/mol. The number of nitrogens with zero attached hydrogens (tertiary/aromatic N) is 1. The van der Waals surface area contributed by atoms with Crippen LogP contribution < -0.4 is 11.1 Å². The number of oxazole rings is 1. The minimum absolute atomic E-state index is 0.0531. The molecule has 0 bridgehead atoms. The van der Waals surface area contributed by atoms with Crippen LogP contribution in [0.5, 0.6) is 0 Å². The van der Waals surface area contributed by atoms with Crippen LogP contribution >= 0.6 is 0 Å². The van der Waals surface area contributed by atoms with Crippen LogP contribution in [-0.2, 0) is 11.1 Å². The lowest BCUT2D eigenvalue weighted by Crippen LogP contribution is -2.13. The molecule has 3 rings (SSSR count). The fraction of sp³-hybridized carbons (Fsp3) is 0. The zero-order valence-corrected chi connectivity index (χ0v) is 13.7. The standard InChI is InChI=1S/C16H11F2N3O4S/c17-10-2-1-3-11(18)12(10)15-21-13(14(19)22)16(25-15)20-8-4-6-9(7-5-8)26(23)24/h1-7,20H,(H2,19,22)(H,23,24)/p-1. The molecule has 0 fully saturated rings. The van der Waals surface area contributed by atoms with Crippen molar-refractivity contribution in [1.82, 2.24) is 4.98 Å². The van der Waals surface area contributed by atoms with Gasteiger partial charge in [-0.25, -0.2) is 13.8 Å². The molecule has 0 radical (unpaired) electrons. The van der Waals surface area contributed by atoms with Crippen molar-refractivity contribution in [3.05, 3.63) is 59.8 Å². The summed E-state index contributed by atoms with van der Waals surface area (Å²) in [6.45, 7) is 0. The normalized spacial score (nSPS) is 12.0. The molecule has 0 saturated heterocycles. The third-order valence-electron chi connectivity index (χ3n) is 3.34. The molecule has 2 aromatic carbocycles. The Balaban J connectivity index is 2.00. The van der Waals surface area contributed by atoms with Crippen LogP contribution in [0, 0.1) is 11.6 Å². The van der Waals surface area contributed by atoms with E-state index in [2.05, 4.69) is 10.3 Å². The zero-order valence-electron chi connectivity index (χ0n) is 12.9. The molecular formula is C16H10F2N3O4S-. The number of amides is 1. The Labute approximate surface area is 148 Å². The van der Waals surface area contributed by atoms with E-state index in [4.69, 9.17) is 10.2 Å². The Bertz CT molecular complexity index is 985. The van der Waals surface area contributed by atoms with E-state index in [1.165, 1.54) is 30.3 Å². The van der Waals surface area contributed by atoms with E-state index in [9.17, 15) is 22.3 Å². The van der Waals surface area contributed by atoms with Crippen LogP contribution in [0.25, 0.3) is 11.5 Å². The third kappa shape index (κ3) is 3.46. The first-order valence-electron chi connectivity index (χ1n) is 7.08. The number of carbonyl (C=O) groups excluding carboxylic acids is 1. The van der Waals surface area contributed by atoms with Crippen LogP contribution in [0.15, 0.2) is 51.8 Å². The van der Waals surface area contributed by atoms with Crippen molar-refractivity contribution in [2.45, 2.75) is 4.90 Å². The first-order chi connectivity index (χ1) is 12.4. The fourth-order valence-electron chi connectivity index (χ4n) is 2.16. The van der Waals surface area contributed by atoms with Gasteiger partial charge in [-0.2, -0.15) is 0 Å². The lowest BCUT2D eigenvalue weighted by molar-refractivity contribution is 0.0996. The number of rotatable bonds is 5. The molecule has 0 aliphatic rings. The quantitative estimate of drug-likeness (QED) is 0.659. The maximum atomic E-state index is 13.9. The molecule has 0 spiro atoms. The zero-order chi connectivity index (χ0) is 18.8. The predicted octanol–water partition coefficient (Wildman–Crippen LogP) is 2.70. The number of anilines is 2. The van der Waals surface area contributed by atoms with E-state index >= 15 is 0 Å². The average molecular weight is 378 g/mol. The fourth-order valence-corrected chi connectivity index (χ4v) is 2.52. The Morgan fingerprint density at radius 2 is 1.77 bits per heavy atom. The highest BCUT2D eigenvalue weighted by Gasteiger charge is 2.23. The van der Waals surface area contributed by atoms with E-state index < -0.39 is 40.1 Å². The van der Waals surface area contributed by atoms with Crippen molar-refractivity contribution in [3.63, 3.8) is 0 Å². The van der Waals surface area contributed by atoms with Crippen molar-refractivity contribution in [1.29, 1.82) is 0 Å². The molecule has 134 valence electrons. The van der Waals surface area contributed by atoms with Gasteiger partial charge in [-0.05, 0) is 47.5 Å². The van der Waals surface area contributed by atoms with E-state index in [1.807, 2.05) is 0 Å². The summed E-state index contributed by atoms with van der Waals surface area (Å²) in [7, 11) is 0. The predicted molar refractivity (Wildman–Crippen MR) is 87.3 cm³/mol. The summed E-state index contributed by atoms with van der Waals surface area (Å²) in [5.41, 5.74) is 4.67. The number of aromatic nitrogens is 1. The second-order valence-electron chi connectivity index (χ2n) is 5.04. The van der Waals surface area contributed by atoms with Gasteiger partial charge in [-0.3, -0.25) is 9.00 Å². The molecule has 7 nitrogen and oxygen atoms in total. The lowest BCUT2D eigenvalue weighted by atomic mass is 10.2. The van der Waals surface area contributed by atoms with Gasteiger partial charge in [0, 0.05) is 10.6 Å². The minimum Gasteiger partial charge on any atom is -0.768 e. The summed E-state index contributed by atoms with van der Waals surface area (Å²) in [6, 6.07) is 8.63. The number of primary amides is 1. The Morgan fingerprint density at radius 1 is 1.15 bits per heavy atom. The number of carbonyl (C=O) groups is 1. The molecule has 1 unspecified atom stereocenters. The summed E-state index contributed by atoms with van der Waals surface area (Å²) in [5, 5.41) is 2.67. The van der Waals surface area contributed by atoms with Gasteiger partial charge in [0.05, 0.1) is 0 Å². The number of hydrogen-bond donors (Lipinski definition) is 2. The molecule has 3 aromatic rings. The number of nitrogens with two attached hydrogens (primary N) is 1. The van der Waals surface area contributed by atoms with E-state index in [-0.39, 0.29) is 16.5 Å². The highest BCUT2D eigenvalue weighted by Crippen LogP contribution is 2.31. The highest BCUT2D eigenvalue weighted by atomic mass is 32.2. The van der Waals surface area contributed by atoms with Crippen molar-refractivity contribution in [2.75, 3.05) is 5.32 Å². The molecule has 0 aliphatic heterocycles. The average Bonchev–Trinajstić information content (AvgIpc) is 2.99. The van der Waals surface area contributed by atoms with Crippen LogP contribution in [0.2, 0.25) is 0 Å². The second-order valence-corrected chi connectivity index (χ2v) is 5.98. The van der Waals surface area contributed by atoms with Crippen molar-refractivity contribution >= 4 is 28.6 Å². The second kappa shape index (κ2) is 7.02. The summed E-state index contributed by atoms with van der Waals surface area (Å²) in [4.78, 5) is 15.4. The van der Waals surface area contributed by atoms with Crippen molar-refractivity contribution in [3.8, 4) is 11.5 Å². The molecule has 10 heteroatoms. The number of halogens is 2. The molecule has 1 heterocycles.